The van der Waals surface area contributed by atoms with Crippen LogP contribution in [0.1, 0.15) is 62.1 Å². The summed E-state index contributed by atoms with van der Waals surface area (Å²) in [5.74, 6) is -0.442. The van der Waals surface area contributed by atoms with Gasteiger partial charge < -0.3 is 10.2 Å². The molecule has 0 aromatic heterocycles. The fraction of sp³-hybridized carbons (Fsp3) is 0.462. The van der Waals surface area contributed by atoms with Crippen molar-refractivity contribution in [2.75, 3.05) is 0 Å². The normalized spacial score (nSPS) is 15.0. The molecule has 7 nitrogen and oxygen atoms in total. The summed E-state index contributed by atoms with van der Waals surface area (Å²) >= 11 is 0. The van der Waals surface area contributed by atoms with Crippen LogP contribution >= 0.6 is 0 Å². The van der Waals surface area contributed by atoms with Gasteiger partial charge in [-0.2, -0.15) is 0 Å². The zero-order valence-electron chi connectivity index (χ0n) is 19.5. The number of para-hydroxylation sites is 1. The number of rotatable bonds is 9. The molecule has 1 atom stereocenters. The average Bonchev–Trinajstić information content (AvgIpc) is 2.81. The third-order valence-corrected chi connectivity index (χ3v) is 6.34. The molecule has 2 aromatic rings. The summed E-state index contributed by atoms with van der Waals surface area (Å²) in [6.45, 7) is 4.16. The van der Waals surface area contributed by atoms with Crippen LogP contribution in [0.25, 0.3) is 0 Å². The minimum Gasteiger partial charge on any atom is -0.352 e. The first-order valence-corrected chi connectivity index (χ1v) is 11.8. The Hall–Kier alpha value is -3.22. The highest BCUT2D eigenvalue weighted by Crippen LogP contribution is 2.22. The Morgan fingerprint density at radius 2 is 1.76 bits per heavy atom. The van der Waals surface area contributed by atoms with E-state index in [0.29, 0.717) is 12.0 Å². The fourth-order valence-electron chi connectivity index (χ4n) is 4.46. The van der Waals surface area contributed by atoms with Gasteiger partial charge in [-0.3, -0.25) is 19.7 Å². The maximum atomic E-state index is 13.5. The monoisotopic (exact) mass is 451 g/mol. The number of hydrogen-bond donors (Lipinski definition) is 1. The quantitative estimate of drug-likeness (QED) is 0.442. The first kappa shape index (κ1) is 24.4. The second-order valence-electron chi connectivity index (χ2n) is 8.84. The van der Waals surface area contributed by atoms with Gasteiger partial charge in [0.2, 0.25) is 11.8 Å². The van der Waals surface area contributed by atoms with Crippen LogP contribution in [-0.2, 0) is 22.6 Å². The Bertz CT molecular complexity index is 968. The number of nitro groups is 1. The summed E-state index contributed by atoms with van der Waals surface area (Å²) in [5.41, 5.74) is 2.30. The summed E-state index contributed by atoms with van der Waals surface area (Å²) < 4.78 is 0. The van der Waals surface area contributed by atoms with Crippen LogP contribution in [0.2, 0.25) is 0 Å². The number of benzene rings is 2. The van der Waals surface area contributed by atoms with Crippen molar-refractivity contribution in [1.82, 2.24) is 10.2 Å². The molecule has 0 aliphatic heterocycles. The van der Waals surface area contributed by atoms with Crippen LogP contribution in [0.15, 0.2) is 48.5 Å². The van der Waals surface area contributed by atoms with Crippen molar-refractivity contribution in [3.05, 3.63) is 75.3 Å². The maximum Gasteiger partial charge on any atom is 0.273 e. The van der Waals surface area contributed by atoms with Gasteiger partial charge in [0, 0.05) is 24.2 Å². The molecule has 0 radical (unpaired) electrons. The molecule has 176 valence electrons. The van der Waals surface area contributed by atoms with E-state index in [-0.39, 0.29) is 36.5 Å². The summed E-state index contributed by atoms with van der Waals surface area (Å²) in [7, 11) is 0. The molecule has 2 amide bonds. The van der Waals surface area contributed by atoms with Crippen molar-refractivity contribution in [2.45, 2.75) is 77.4 Å². The molecular formula is C26H33N3O4. The number of nitro benzene ring substituents is 1. The Morgan fingerprint density at radius 1 is 1.09 bits per heavy atom. The van der Waals surface area contributed by atoms with E-state index in [1.54, 1.807) is 23.1 Å². The van der Waals surface area contributed by atoms with Gasteiger partial charge >= 0.3 is 0 Å². The van der Waals surface area contributed by atoms with Gasteiger partial charge in [0.25, 0.3) is 5.69 Å². The Morgan fingerprint density at radius 3 is 2.39 bits per heavy atom. The lowest BCUT2D eigenvalue weighted by Gasteiger charge is -2.33. The zero-order chi connectivity index (χ0) is 23.8. The van der Waals surface area contributed by atoms with Crippen LogP contribution in [0, 0.1) is 17.0 Å². The molecule has 1 aliphatic carbocycles. The van der Waals surface area contributed by atoms with Crippen LogP contribution in [0.3, 0.4) is 0 Å². The van der Waals surface area contributed by atoms with Crippen LogP contribution in [0.4, 0.5) is 5.69 Å². The molecule has 0 heterocycles. The average molecular weight is 452 g/mol. The molecule has 3 rings (SSSR count). The van der Waals surface area contributed by atoms with Gasteiger partial charge in [-0.1, -0.05) is 74.2 Å². The molecule has 33 heavy (non-hydrogen) atoms. The first-order chi connectivity index (χ1) is 15.9. The first-order valence-electron chi connectivity index (χ1n) is 11.8. The summed E-state index contributed by atoms with van der Waals surface area (Å²) in [5, 5.41) is 14.6. The molecule has 0 spiro atoms. The number of nitrogens with one attached hydrogen (secondary N) is 1. The molecule has 1 fully saturated rings. The lowest BCUT2D eigenvalue weighted by molar-refractivity contribution is -0.385. The van der Waals surface area contributed by atoms with Crippen molar-refractivity contribution < 1.29 is 14.5 Å². The number of hydrogen-bond acceptors (Lipinski definition) is 4. The van der Waals surface area contributed by atoms with Gasteiger partial charge in [-0.15, -0.1) is 0 Å². The number of carbonyl (C=O) groups is 2. The molecule has 2 aromatic carbocycles. The summed E-state index contributed by atoms with van der Waals surface area (Å²) in [6, 6.07) is 13.6. The Labute approximate surface area is 195 Å². The predicted octanol–water partition coefficient (Wildman–Crippen LogP) is 4.70. The van der Waals surface area contributed by atoms with Gasteiger partial charge in [-0.25, -0.2) is 0 Å². The third-order valence-electron chi connectivity index (χ3n) is 6.34. The SMILES string of the molecule is CC[C@@H](C(=O)NC1CCCCC1)N(Cc1ccc(C)cc1)C(=O)Cc1ccccc1[N+](=O)[O-]. The van der Waals surface area contributed by atoms with Gasteiger partial charge in [0.1, 0.15) is 6.04 Å². The molecule has 1 aliphatic rings. The van der Waals surface area contributed by atoms with Gasteiger partial charge in [0.05, 0.1) is 11.3 Å². The highest BCUT2D eigenvalue weighted by molar-refractivity contribution is 5.89. The van der Waals surface area contributed by atoms with Crippen molar-refractivity contribution >= 4 is 17.5 Å². The van der Waals surface area contributed by atoms with E-state index < -0.39 is 11.0 Å². The van der Waals surface area contributed by atoms with Crippen LogP contribution < -0.4 is 5.32 Å². The van der Waals surface area contributed by atoms with Crippen LogP contribution in [0.5, 0.6) is 0 Å². The molecule has 1 saturated carbocycles. The van der Waals surface area contributed by atoms with E-state index in [1.807, 2.05) is 38.1 Å². The van der Waals surface area contributed by atoms with E-state index in [4.69, 9.17) is 0 Å². The predicted molar refractivity (Wildman–Crippen MR) is 128 cm³/mol. The van der Waals surface area contributed by atoms with Crippen molar-refractivity contribution in [2.24, 2.45) is 0 Å². The summed E-state index contributed by atoms with van der Waals surface area (Å²) in [4.78, 5) is 39.3. The standard InChI is InChI=1S/C26H33N3O4/c1-3-23(26(31)27-22-10-5-4-6-11-22)28(18-20-15-13-19(2)14-16-20)25(30)17-21-9-7-8-12-24(21)29(32)33/h7-9,12-16,22-23H,3-6,10-11,17-18H2,1-2H3,(H,27,31)/t23-/m0/s1. The topological polar surface area (TPSA) is 92.6 Å². The molecule has 0 saturated heterocycles. The largest absolute Gasteiger partial charge is 0.352 e. The van der Waals surface area contributed by atoms with E-state index in [9.17, 15) is 19.7 Å². The number of amides is 2. The highest BCUT2D eigenvalue weighted by Gasteiger charge is 2.31. The Balaban J connectivity index is 1.85. The van der Waals surface area contributed by atoms with Crippen molar-refractivity contribution in [3.8, 4) is 0 Å². The lowest BCUT2D eigenvalue weighted by Crippen LogP contribution is -2.52. The summed E-state index contributed by atoms with van der Waals surface area (Å²) in [6.07, 6.45) is 5.66. The van der Waals surface area contributed by atoms with E-state index in [2.05, 4.69) is 5.32 Å². The number of nitrogens with zero attached hydrogens (tertiary/aromatic N) is 2. The van der Waals surface area contributed by atoms with Crippen LogP contribution in [-0.4, -0.2) is 33.7 Å². The molecule has 0 unspecified atom stereocenters. The minimum atomic E-state index is -0.636. The van der Waals surface area contributed by atoms with E-state index in [0.717, 1.165) is 36.8 Å². The van der Waals surface area contributed by atoms with E-state index >= 15 is 0 Å². The van der Waals surface area contributed by atoms with E-state index in [1.165, 1.54) is 12.5 Å². The van der Waals surface area contributed by atoms with Crippen molar-refractivity contribution in [1.29, 1.82) is 0 Å². The maximum absolute atomic E-state index is 13.5. The van der Waals surface area contributed by atoms with Gasteiger partial charge in [0.15, 0.2) is 0 Å². The minimum absolute atomic E-state index is 0.0826. The second-order valence-corrected chi connectivity index (χ2v) is 8.84. The lowest BCUT2D eigenvalue weighted by atomic mass is 9.95. The zero-order valence-corrected chi connectivity index (χ0v) is 19.5. The third kappa shape index (κ3) is 6.63. The fourth-order valence-corrected chi connectivity index (χ4v) is 4.46. The second kappa shape index (κ2) is 11.6. The smallest absolute Gasteiger partial charge is 0.273 e. The number of carbonyl (C=O) groups excluding carboxylic acids is 2. The number of aryl methyl sites for hydroxylation is 1. The van der Waals surface area contributed by atoms with Crippen molar-refractivity contribution in [3.63, 3.8) is 0 Å². The Kier molecular flexibility index (Phi) is 8.58. The molecule has 0 bridgehead atoms. The highest BCUT2D eigenvalue weighted by atomic mass is 16.6. The van der Waals surface area contributed by atoms with Gasteiger partial charge in [-0.05, 0) is 31.7 Å². The molecule has 7 heteroatoms. The molecule has 1 N–H and O–H groups in total. The molecular weight excluding hydrogens is 418 g/mol.